The van der Waals surface area contributed by atoms with Crippen LogP contribution >= 0.6 is 0 Å². The molecule has 1 atom stereocenters. The van der Waals surface area contributed by atoms with E-state index in [9.17, 15) is 4.79 Å². The number of carbonyl (C=O) groups is 1. The maximum atomic E-state index is 12.6. The zero-order chi connectivity index (χ0) is 16.4. The van der Waals surface area contributed by atoms with Crippen molar-refractivity contribution in [1.29, 1.82) is 0 Å². The van der Waals surface area contributed by atoms with E-state index in [-0.39, 0.29) is 12.1 Å². The van der Waals surface area contributed by atoms with Gasteiger partial charge in [0.05, 0.1) is 17.6 Å². The van der Waals surface area contributed by atoms with Crippen molar-refractivity contribution in [2.75, 3.05) is 18.0 Å². The molecule has 120 valence electrons. The minimum absolute atomic E-state index is 0.119. The van der Waals surface area contributed by atoms with Crippen molar-refractivity contribution in [2.45, 2.75) is 12.5 Å². The standard InChI is InChI=1S/C19H17N3O2/c23-19(16-5-3-7-17-15(16)6-4-11-20-17)24-14-9-12-22(13-14)18-8-1-2-10-21-18/h1-8,10-11,14H,9,12-13H2/t14-/m0/s1. The van der Waals surface area contributed by atoms with Crippen molar-refractivity contribution in [3.05, 3.63) is 66.5 Å². The first-order valence-electron chi connectivity index (χ1n) is 8.02. The van der Waals surface area contributed by atoms with E-state index in [1.807, 2.05) is 42.5 Å². The van der Waals surface area contributed by atoms with Crippen LogP contribution in [0.25, 0.3) is 10.9 Å². The Morgan fingerprint density at radius 1 is 1.04 bits per heavy atom. The maximum Gasteiger partial charge on any atom is 0.339 e. The van der Waals surface area contributed by atoms with Gasteiger partial charge in [-0.25, -0.2) is 9.78 Å². The maximum absolute atomic E-state index is 12.6. The third-order valence-corrected chi connectivity index (χ3v) is 4.26. The fourth-order valence-corrected chi connectivity index (χ4v) is 3.07. The van der Waals surface area contributed by atoms with Crippen molar-refractivity contribution >= 4 is 22.7 Å². The number of aromatic nitrogens is 2. The number of fused-ring (bicyclic) bond motifs is 1. The molecule has 4 rings (SSSR count). The van der Waals surface area contributed by atoms with Crippen LogP contribution < -0.4 is 4.90 Å². The SMILES string of the molecule is O=C(O[C@H]1CCN(c2ccccn2)C1)c1cccc2ncccc12. The number of hydrogen-bond donors (Lipinski definition) is 0. The summed E-state index contributed by atoms with van der Waals surface area (Å²) < 4.78 is 5.72. The van der Waals surface area contributed by atoms with Crippen LogP contribution in [0.2, 0.25) is 0 Å². The molecular formula is C19H17N3O2. The molecule has 3 heterocycles. The van der Waals surface area contributed by atoms with Gasteiger partial charge in [-0.2, -0.15) is 0 Å². The van der Waals surface area contributed by atoms with Gasteiger partial charge in [0, 0.05) is 30.7 Å². The summed E-state index contributed by atoms with van der Waals surface area (Å²) in [5.74, 6) is 0.631. The second kappa shape index (κ2) is 6.28. The van der Waals surface area contributed by atoms with Crippen molar-refractivity contribution in [3.63, 3.8) is 0 Å². The predicted octanol–water partition coefficient (Wildman–Crippen LogP) is 3.07. The monoisotopic (exact) mass is 319 g/mol. The lowest BCUT2D eigenvalue weighted by Gasteiger charge is -2.17. The highest BCUT2D eigenvalue weighted by molar-refractivity contribution is 6.03. The van der Waals surface area contributed by atoms with Crippen LogP contribution in [0.4, 0.5) is 5.82 Å². The summed E-state index contributed by atoms with van der Waals surface area (Å²) in [4.78, 5) is 23.3. The zero-order valence-corrected chi connectivity index (χ0v) is 13.1. The molecule has 1 aromatic carbocycles. The van der Waals surface area contributed by atoms with E-state index < -0.39 is 0 Å². The van der Waals surface area contributed by atoms with E-state index in [0.29, 0.717) is 12.1 Å². The molecule has 0 unspecified atom stereocenters. The second-order valence-corrected chi connectivity index (χ2v) is 5.83. The number of benzene rings is 1. The number of anilines is 1. The number of nitrogens with zero attached hydrogens (tertiary/aromatic N) is 3. The summed E-state index contributed by atoms with van der Waals surface area (Å²) in [6.45, 7) is 1.51. The van der Waals surface area contributed by atoms with Crippen molar-refractivity contribution < 1.29 is 9.53 Å². The molecule has 0 N–H and O–H groups in total. The zero-order valence-electron chi connectivity index (χ0n) is 13.1. The summed E-state index contributed by atoms with van der Waals surface area (Å²) in [5.41, 5.74) is 1.37. The number of hydrogen-bond acceptors (Lipinski definition) is 5. The molecule has 24 heavy (non-hydrogen) atoms. The van der Waals surface area contributed by atoms with Crippen molar-refractivity contribution in [1.82, 2.24) is 9.97 Å². The van der Waals surface area contributed by atoms with Crippen LogP contribution in [0.1, 0.15) is 16.8 Å². The van der Waals surface area contributed by atoms with Gasteiger partial charge in [0.25, 0.3) is 0 Å². The molecule has 5 heteroatoms. The van der Waals surface area contributed by atoms with Crippen LogP contribution in [0.3, 0.4) is 0 Å². The Hall–Kier alpha value is -2.95. The van der Waals surface area contributed by atoms with Gasteiger partial charge in [-0.1, -0.05) is 18.2 Å². The first kappa shape index (κ1) is 14.6. The predicted molar refractivity (Wildman–Crippen MR) is 92.0 cm³/mol. The fourth-order valence-electron chi connectivity index (χ4n) is 3.07. The highest BCUT2D eigenvalue weighted by atomic mass is 16.5. The molecule has 3 aromatic rings. The molecule has 0 spiro atoms. The van der Waals surface area contributed by atoms with Crippen LogP contribution in [-0.2, 0) is 4.74 Å². The number of ether oxygens (including phenoxy) is 1. The quantitative estimate of drug-likeness (QED) is 0.695. The average molecular weight is 319 g/mol. The molecule has 2 aromatic heterocycles. The fraction of sp³-hybridized carbons (Fsp3) is 0.211. The summed E-state index contributed by atoms with van der Waals surface area (Å²) in [6.07, 6.45) is 4.19. The molecule has 1 aliphatic rings. The van der Waals surface area contributed by atoms with Gasteiger partial charge >= 0.3 is 5.97 Å². The minimum Gasteiger partial charge on any atom is -0.457 e. The Labute approximate surface area is 139 Å². The summed E-state index contributed by atoms with van der Waals surface area (Å²) >= 11 is 0. The lowest BCUT2D eigenvalue weighted by molar-refractivity contribution is 0.0350. The molecule has 5 nitrogen and oxygen atoms in total. The Morgan fingerprint density at radius 2 is 1.96 bits per heavy atom. The molecule has 1 saturated heterocycles. The number of esters is 1. The van der Waals surface area contributed by atoms with Gasteiger partial charge < -0.3 is 9.64 Å². The summed E-state index contributed by atoms with van der Waals surface area (Å²) in [5, 5.41) is 0.824. The number of carbonyl (C=O) groups excluding carboxylic acids is 1. The van der Waals surface area contributed by atoms with E-state index in [1.54, 1.807) is 18.5 Å². The molecule has 0 radical (unpaired) electrons. The Kier molecular flexibility index (Phi) is 3.83. The molecule has 0 saturated carbocycles. The van der Waals surface area contributed by atoms with Gasteiger partial charge in [0.1, 0.15) is 11.9 Å². The lowest BCUT2D eigenvalue weighted by Crippen LogP contribution is -2.25. The Balaban J connectivity index is 1.49. The van der Waals surface area contributed by atoms with Crippen LogP contribution in [0.15, 0.2) is 60.9 Å². The van der Waals surface area contributed by atoms with Crippen LogP contribution in [-0.4, -0.2) is 35.1 Å². The minimum atomic E-state index is -0.290. The highest BCUT2D eigenvalue weighted by Gasteiger charge is 2.27. The molecule has 0 bridgehead atoms. The highest BCUT2D eigenvalue weighted by Crippen LogP contribution is 2.22. The molecule has 1 aliphatic heterocycles. The van der Waals surface area contributed by atoms with Gasteiger partial charge in [-0.15, -0.1) is 0 Å². The number of rotatable bonds is 3. The van der Waals surface area contributed by atoms with Crippen molar-refractivity contribution in [3.8, 4) is 0 Å². The number of pyridine rings is 2. The van der Waals surface area contributed by atoms with Gasteiger partial charge in [-0.3, -0.25) is 4.98 Å². The third-order valence-electron chi connectivity index (χ3n) is 4.26. The van der Waals surface area contributed by atoms with E-state index in [2.05, 4.69) is 14.9 Å². The normalized spacial score (nSPS) is 17.2. The van der Waals surface area contributed by atoms with Gasteiger partial charge in [-0.05, 0) is 30.3 Å². The average Bonchev–Trinajstić information content (AvgIpc) is 3.10. The van der Waals surface area contributed by atoms with Gasteiger partial charge in [0.15, 0.2) is 0 Å². The second-order valence-electron chi connectivity index (χ2n) is 5.83. The third kappa shape index (κ3) is 2.80. The molecule has 0 amide bonds. The summed E-state index contributed by atoms with van der Waals surface area (Å²) in [6, 6.07) is 15.1. The lowest BCUT2D eigenvalue weighted by atomic mass is 10.1. The van der Waals surface area contributed by atoms with E-state index in [1.165, 1.54) is 0 Å². The Bertz CT molecular complexity index is 861. The van der Waals surface area contributed by atoms with Crippen LogP contribution in [0, 0.1) is 0 Å². The Morgan fingerprint density at radius 3 is 2.83 bits per heavy atom. The molecule has 1 fully saturated rings. The van der Waals surface area contributed by atoms with E-state index in [0.717, 1.165) is 29.7 Å². The van der Waals surface area contributed by atoms with Gasteiger partial charge in [0.2, 0.25) is 0 Å². The summed E-state index contributed by atoms with van der Waals surface area (Å²) in [7, 11) is 0. The topological polar surface area (TPSA) is 55.3 Å². The molecule has 0 aliphatic carbocycles. The smallest absolute Gasteiger partial charge is 0.339 e. The largest absolute Gasteiger partial charge is 0.457 e. The molecular weight excluding hydrogens is 302 g/mol. The van der Waals surface area contributed by atoms with Crippen molar-refractivity contribution in [2.24, 2.45) is 0 Å². The first-order chi connectivity index (χ1) is 11.8. The van der Waals surface area contributed by atoms with E-state index in [4.69, 9.17) is 4.74 Å². The first-order valence-corrected chi connectivity index (χ1v) is 8.02. The van der Waals surface area contributed by atoms with Crippen LogP contribution in [0.5, 0.6) is 0 Å². The van der Waals surface area contributed by atoms with E-state index >= 15 is 0 Å².